The Bertz CT molecular complexity index is 787. The number of nitrogens with zero attached hydrogens (tertiary/aromatic N) is 2. The maximum atomic E-state index is 12.1. The number of fused-ring (bicyclic) bond motifs is 1. The van der Waals surface area contributed by atoms with E-state index in [2.05, 4.69) is 14.0 Å². The van der Waals surface area contributed by atoms with Crippen LogP contribution in [0.15, 0.2) is 24.4 Å². The fourth-order valence-electron chi connectivity index (χ4n) is 1.88. The zero-order chi connectivity index (χ0) is 15.8. The number of aryl methyl sites for hydroxylation is 1. The van der Waals surface area contributed by atoms with Crippen LogP contribution in [0.1, 0.15) is 31.1 Å². The van der Waals surface area contributed by atoms with Gasteiger partial charge >= 0.3 is 16.3 Å². The average molecular weight is 311 g/mol. The van der Waals surface area contributed by atoms with Crippen LogP contribution in [0.4, 0.5) is 0 Å². The minimum absolute atomic E-state index is 0.153. The maximum Gasteiger partial charge on any atom is 0.385 e. The molecule has 0 unspecified atom stereocenters. The number of aromatic nitrogens is 2. The van der Waals surface area contributed by atoms with Crippen LogP contribution in [-0.4, -0.2) is 29.7 Å². The molecule has 1 heterocycles. The van der Waals surface area contributed by atoms with Gasteiger partial charge in [0.1, 0.15) is 0 Å². The third kappa shape index (κ3) is 3.79. The van der Waals surface area contributed by atoms with Gasteiger partial charge in [-0.1, -0.05) is 6.07 Å². The first-order chi connectivity index (χ1) is 9.57. The van der Waals surface area contributed by atoms with E-state index >= 15 is 0 Å². The Kier molecular flexibility index (Phi) is 3.77. The molecule has 0 saturated heterocycles. The van der Waals surface area contributed by atoms with Crippen LogP contribution in [0.3, 0.4) is 0 Å². The quantitative estimate of drug-likeness (QED) is 0.924. The monoisotopic (exact) mass is 311 g/mol. The molecule has 2 rings (SSSR count). The van der Waals surface area contributed by atoms with E-state index in [1.807, 2.05) is 0 Å². The Morgan fingerprint density at radius 1 is 1.33 bits per heavy atom. The van der Waals surface area contributed by atoms with Gasteiger partial charge in [0.15, 0.2) is 0 Å². The van der Waals surface area contributed by atoms with Crippen molar-refractivity contribution in [2.24, 2.45) is 7.05 Å². The molecule has 0 spiro atoms. The molecule has 0 aliphatic rings. The number of carbonyl (C=O) groups is 1. The molecule has 8 heteroatoms. The molecule has 0 aliphatic heterocycles. The second-order valence-electron chi connectivity index (χ2n) is 5.72. The van der Waals surface area contributed by atoms with Crippen LogP contribution in [0, 0.1) is 0 Å². The van der Waals surface area contributed by atoms with E-state index in [-0.39, 0.29) is 5.56 Å². The lowest BCUT2D eigenvalue weighted by atomic mass is 10.1. The number of nitrogens with one attached hydrogen (secondary N) is 1. The van der Waals surface area contributed by atoms with Gasteiger partial charge in [-0.25, -0.2) is 4.79 Å². The molecule has 7 nitrogen and oxygen atoms in total. The van der Waals surface area contributed by atoms with Gasteiger partial charge in [0, 0.05) is 24.2 Å². The van der Waals surface area contributed by atoms with Gasteiger partial charge < -0.3 is 4.18 Å². The van der Waals surface area contributed by atoms with Crippen LogP contribution in [0.2, 0.25) is 0 Å². The predicted molar refractivity (Wildman–Crippen MR) is 77.9 cm³/mol. The molecule has 0 bridgehead atoms. The summed E-state index contributed by atoms with van der Waals surface area (Å²) < 4.78 is 32.0. The number of hydrogen-bond donors (Lipinski definition) is 1. The first-order valence-corrected chi connectivity index (χ1v) is 7.68. The predicted octanol–water partition coefficient (Wildman–Crippen LogP) is 1.36. The molecule has 0 aliphatic carbocycles. The van der Waals surface area contributed by atoms with E-state index in [0.29, 0.717) is 10.9 Å². The van der Waals surface area contributed by atoms with Crippen molar-refractivity contribution in [2.75, 3.05) is 0 Å². The highest BCUT2D eigenvalue weighted by molar-refractivity contribution is 7.85. The van der Waals surface area contributed by atoms with Crippen LogP contribution in [0.25, 0.3) is 10.9 Å². The first-order valence-electron chi connectivity index (χ1n) is 6.27. The molecule has 1 aromatic heterocycles. The van der Waals surface area contributed by atoms with Crippen molar-refractivity contribution in [3.63, 3.8) is 0 Å². The minimum atomic E-state index is -4.18. The Morgan fingerprint density at radius 2 is 2.00 bits per heavy atom. The van der Waals surface area contributed by atoms with Gasteiger partial charge in [0.05, 0.1) is 11.1 Å². The number of carbonyl (C=O) groups excluding carboxylic acids is 1. The second-order valence-corrected chi connectivity index (χ2v) is 7.00. The zero-order valence-electron chi connectivity index (χ0n) is 12.2. The van der Waals surface area contributed by atoms with Crippen LogP contribution >= 0.6 is 0 Å². The molecule has 0 amide bonds. The molecule has 1 aromatic carbocycles. The van der Waals surface area contributed by atoms with Gasteiger partial charge in [-0.2, -0.15) is 18.2 Å². The first kappa shape index (κ1) is 15.5. The summed E-state index contributed by atoms with van der Waals surface area (Å²) in [7, 11) is -2.46. The lowest BCUT2D eigenvalue weighted by Crippen LogP contribution is -2.42. The van der Waals surface area contributed by atoms with E-state index in [0.717, 1.165) is 0 Å². The smallest absolute Gasteiger partial charge is 0.329 e. The summed E-state index contributed by atoms with van der Waals surface area (Å²) in [6.07, 6.45) is 1.63. The standard InChI is InChI=1S/C13H17N3O4S/c1-13(2,3)15-21(18,19)20-12(17)9-6-5-7-11-10(9)8-16(4)14-11/h5-8,15H,1-4H3. The fourth-order valence-corrected chi connectivity index (χ4v) is 2.96. The Labute approximate surface area is 123 Å². The van der Waals surface area contributed by atoms with E-state index < -0.39 is 21.8 Å². The summed E-state index contributed by atoms with van der Waals surface area (Å²) in [5, 5.41) is 4.69. The van der Waals surface area contributed by atoms with Gasteiger partial charge in [-0.3, -0.25) is 4.68 Å². The maximum absolute atomic E-state index is 12.1. The Morgan fingerprint density at radius 3 is 2.62 bits per heavy atom. The van der Waals surface area contributed by atoms with Crippen molar-refractivity contribution in [1.82, 2.24) is 14.5 Å². The molecule has 0 saturated carbocycles. The zero-order valence-corrected chi connectivity index (χ0v) is 13.1. The van der Waals surface area contributed by atoms with Gasteiger partial charge in [-0.15, -0.1) is 0 Å². The minimum Gasteiger partial charge on any atom is -0.329 e. The molecule has 114 valence electrons. The lowest BCUT2D eigenvalue weighted by Gasteiger charge is -2.19. The third-order valence-electron chi connectivity index (χ3n) is 2.50. The lowest BCUT2D eigenvalue weighted by molar-refractivity contribution is 0.0744. The fraction of sp³-hybridized carbons (Fsp3) is 0.385. The highest BCUT2D eigenvalue weighted by Gasteiger charge is 2.25. The van der Waals surface area contributed by atoms with Crippen LogP contribution in [0.5, 0.6) is 0 Å². The van der Waals surface area contributed by atoms with Gasteiger partial charge in [0.25, 0.3) is 0 Å². The number of hydrogen-bond acceptors (Lipinski definition) is 5. The summed E-state index contributed by atoms with van der Waals surface area (Å²) in [5.74, 6) is -0.939. The third-order valence-corrected chi connectivity index (χ3v) is 3.73. The molecule has 0 radical (unpaired) electrons. The molecule has 2 aromatic rings. The SMILES string of the molecule is Cn1cc2c(C(=O)OS(=O)(=O)NC(C)(C)C)cccc2n1. The highest BCUT2D eigenvalue weighted by atomic mass is 32.2. The van der Waals surface area contributed by atoms with Crippen molar-refractivity contribution in [3.05, 3.63) is 30.0 Å². The molecule has 21 heavy (non-hydrogen) atoms. The Balaban J connectivity index is 2.31. The molecular weight excluding hydrogens is 294 g/mol. The van der Waals surface area contributed by atoms with Crippen molar-refractivity contribution in [3.8, 4) is 0 Å². The second kappa shape index (κ2) is 5.12. The summed E-state index contributed by atoms with van der Waals surface area (Å²) in [5.41, 5.74) is 0.00685. The average Bonchev–Trinajstić information content (AvgIpc) is 2.64. The van der Waals surface area contributed by atoms with E-state index in [9.17, 15) is 13.2 Å². The normalized spacial score (nSPS) is 12.6. The van der Waals surface area contributed by atoms with Crippen LogP contribution < -0.4 is 4.72 Å². The number of rotatable bonds is 3. The van der Waals surface area contributed by atoms with Crippen molar-refractivity contribution < 1.29 is 17.4 Å². The van der Waals surface area contributed by atoms with E-state index in [1.165, 1.54) is 6.07 Å². The van der Waals surface area contributed by atoms with Crippen molar-refractivity contribution >= 4 is 27.2 Å². The molecular formula is C13H17N3O4S. The summed E-state index contributed by atoms with van der Waals surface area (Å²) in [6.45, 7) is 4.96. The van der Waals surface area contributed by atoms with E-state index in [1.54, 1.807) is 50.8 Å². The van der Waals surface area contributed by atoms with Crippen LogP contribution in [-0.2, 0) is 21.5 Å². The summed E-state index contributed by atoms with van der Waals surface area (Å²) >= 11 is 0. The topological polar surface area (TPSA) is 90.3 Å². The number of benzene rings is 1. The Hall–Kier alpha value is -1.93. The molecule has 1 N–H and O–H groups in total. The molecule has 0 fully saturated rings. The van der Waals surface area contributed by atoms with Crippen molar-refractivity contribution in [1.29, 1.82) is 0 Å². The van der Waals surface area contributed by atoms with Gasteiger partial charge in [-0.05, 0) is 32.9 Å². The van der Waals surface area contributed by atoms with Crippen molar-refractivity contribution in [2.45, 2.75) is 26.3 Å². The molecule has 0 atom stereocenters. The summed E-state index contributed by atoms with van der Waals surface area (Å²) in [4.78, 5) is 12.1. The highest BCUT2D eigenvalue weighted by Crippen LogP contribution is 2.19. The largest absolute Gasteiger partial charge is 0.385 e. The van der Waals surface area contributed by atoms with E-state index in [4.69, 9.17) is 0 Å². The van der Waals surface area contributed by atoms with Gasteiger partial charge in [0.2, 0.25) is 0 Å². The summed E-state index contributed by atoms with van der Waals surface area (Å²) in [6, 6.07) is 4.85.